The molecular formula is C39H38Cl4Zr. The summed E-state index contributed by atoms with van der Waals surface area (Å²) in [5.74, 6) is 0.475. The van der Waals surface area contributed by atoms with Gasteiger partial charge in [0.1, 0.15) is 0 Å². The number of rotatable bonds is 7. The molecule has 2 aliphatic rings. The molecule has 4 aromatic carbocycles. The molecule has 4 aromatic rings. The Morgan fingerprint density at radius 1 is 0.773 bits per heavy atom. The van der Waals surface area contributed by atoms with Crippen molar-refractivity contribution in [3.8, 4) is 11.1 Å². The Kier molecular flexibility index (Phi) is 11.8. The van der Waals surface area contributed by atoms with Gasteiger partial charge in [0.05, 0.1) is 0 Å². The summed E-state index contributed by atoms with van der Waals surface area (Å²) >= 11 is 10.1. The summed E-state index contributed by atoms with van der Waals surface area (Å²) in [6.45, 7) is 9.39. The van der Waals surface area contributed by atoms with Gasteiger partial charge in [-0.25, -0.2) is 0 Å². The zero-order chi connectivity index (χ0) is 29.4. The van der Waals surface area contributed by atoms with Gasteiger partial charge in [0.2, 0.25) is 0 Å². The fourth-order valence-electron chi connectivity index (χ4n) is 6.53. The van der Waals surface area contributed by atoms with Crippen molar-refractivity contribution in [2.75, 3.05) is 0 Å². The van der Waals surface area contributed by atoms with Crippen molar-refractivity contribution >= 4 is 29.7 Å². The van der Waals surface area contributed by atoms with Crippen molar-refractivity contribution in [3.05, 3.63) is 144 Å². The van der Waals surface area contributed by atoms with E-state index in [1.807, 2.05) is 0 Å². The van der Waals surface area contributed by atoms with Crippen LogP contribution in [0.2, 0.25) is 10.0 Å². The van der Waals surface area contributed by atoms with E-state index in [4.69, 9.17) is 23.2 Å². The van der Waals surface area contributed by atoms with Crippen LogP contribution in [0.25, 0.3) is 11.1 Å². The summed E-state index contributed by atoms with van der Waals surface area (Å²) < 4.78 is 4.80. The van der Waals surface area contributed by atoms with Crippen LogP contribution in [0.1, 0.15) is 69.2 Å². The van der Waals surface area contributed by atoms with E-state index in [1.165, 1.54) is 61.4 Å². The Morgan fingerprint density at radius 2 is 1.36 bits per heavy atom. The minimum atomic E-state index is -2.85. The fraction of sp³-hybridized carbons (Fsp3) is 0.256. The molecule has 5 heteroatoms. The Hall–Kier alpha value is -1.73. The van der Waals surface area contributed by atoms with E-state index in [2.05, 4.69) is 131 Å². The van der Waals surface area contributed by atoms with E-state index in [0.29, 0.717) is 5.92 Å². The molecule has 0 saturated carbocycles. The number of allylic oxidation sites excluding steroid dienone is 4. The number of unbranched alkanes of at least 4 members (excludes halogenated alkanes) is 1. The first-order chi connectivity index (χ1) is 20.2. The minimum Gasteiger partial charge on any atom is -1.00 e. The zero-order valence-corrected chi connectivity index (χ0v) is 31.2. The number of fused-ring (bicyclic) bond motifs is 3. The third-order valence-corrected chi connectivity index (χ3v) is 17.1. The standard InChI is InChI=1S/C13H8Cl2.C13H9.C13H21.2ClH.Zr/c14-12-5-1-10(2-6-12)9-11-3-7-13(15)8-4-11;1-3-7-12-10(5-1)9-11-6-2-4-8-13(11)12;1-5-6-7-11-8-9-12(10-11)13(2,3)4;;;/h1-8H;1-5,7-8H,9H2;9-11H,5-7H2,1-4H3;2*1H;/q;;;;;+2/p-2. The molecule has 0 amide bonds. The molecule has 0 N–H and O–H groups in total. The van der Waals surface area contributed by atoms with Crippen LogP contribution in [0.15, 0.2) is 112 Å². The predicted octanol–water partition coefficient (Wildman–Crippen LogP) is 4.76. The second-order valence-corrected chi connectivity index (χ2v) is 19.3. The smallest absolute Gasteiger partial charge is 1.00 e. The number of benzene rings is 4. The van der Waals surface area contributed by atoms with Crippen molar-refractivity contribution < 1.29 is 46.1 Å². The summed E-state index contributed by atoms with van der Waals surface area (Å²) in [6.07, 6.45) is 9.90. The molecule has 1 atom stereocenters. The molecule has 0 aliphatic heterocycles. The molecule has 0 radical (unpaired) electrons. The van der Waals surface area contributed by atoms with Crippen molar-refractivity contribution in [1.29, 1.82) is 0 Å². The Morgan fingerprint density at radius 3 is 1.95 bits per heavy atom. The maximum atomic E-state index is 6.45. The Labute approximate surface area is 293 Å². The SMILES string of the molecule is CCCCC1C=C(C(C)(C)C)C=[C]1[Zr+2](=[C](c1ccc(Cl)cc1)c1ccc(Cl)cc1)[c]1cccc2c1Cc1ccccc1-2.[Cl-].[Cl-]. The molecular weight excluding hydrogens is 701 g/mol. The molecule has 44 heavy (non-hydrogen) atoms. The summed E-state index contributed by atoms with van der Waals surface area (Å²) in [7, 11) is 0. The molecule has 0 nitrogen and oxygen atoms in total. The van der Waals surface area contributed by atoms with Crippen LogP contribution in [-0.4, -0.2) is 3.21 Å². The Bertz CT molecular complexity index is 1670. The first-order valence-corrected chi connectivity index (χ1v) is 19.6. The molecule has 0 heterocycles. The van der Waals surface area contributed by atoms with Gasteiger partial charge in [-0.05, 0) is 0 Å². The van der Waals surface area contributed by atoms with Crippen molar-refractivity contribution in [2.45, 2.75) is 53.4 Å². The molecule has 226 valence electrons. The van der Waals surface area contributed by atoms with Crippen LogP contribution < -0.4 is 28.1 Å². The molecule has 0 saturated heterocycles. The van der Waals surface area contributed by atoms with Gasteiger partial charge >= 0.3 is 271 Å². The van der Waals surface area contributed by atoms with Crippen LogP contribution in [-0.2, 0) is 27.7 Å². The van der Waals surface area contributed by atoms with Gasteiger partial charge in [-0.3, -0.25) is 0 Å². The predicted molar refractivity (Wildman–Crippen MR) is 179 cm³/mol. The van der Waals surface area contributed by atoms with E-state index in [9.17, 15) is 0 Å². The zero-order valence-electron chi connectivity index (χ0n) is 25.7. The normalized spacial score (nSPS) is 14.7. The van der Waals surface area contributed by atoms with E-state index in [1.54, 1.807) is 6.55 Å². The van der Waals surface area contributed by atoms with E-state index in [-0.39, 0.29) is 30.2 Å². The molecule has 1 unspecified atom stereocenters. The Balaban J connectivity index is 0.00000221. The van der Waals surface area contributed by atoms with Crippen LogP contribution in [0, 0.1) is 11.3 Å². The maximum absolute atomic E-state index is 6.45. The van der Waals surface area contributed by atoms with Crippen LogP contribution in [0.3, 0.4) is 0 Å². The van der Waals surface area contributed by atoms with Gasteiger partial charge in [-0.2, -0.15) is 0 Å². The number of halogens is 4. The van der Waals surface area contributed by atoms with Crippen LogP contribution >= 0.6 is 23.2 Å². The monoisotopic (exact) mass is 736 g/mol. The fourth-order valence-corrected chi connectivity index (χ4v) is 15.3. The van der Waals surface area contributed by atoms with Gasteiger partial charge in [-0.1, -0.05) is 0 Å². The largest absolute Gasteiger partial charge is 1.00 e. The third-order valence-electron chi connectivity index (χ3n) is 8.75. The number of hydrogen-bond donors (Lipinski definition) is 0. The average Bonchev–Trinajstić information content (AvgIpc) is 3.58. The van der Waals surface area contributed by atoms with Gasteiger partial charge in [-0.15, -0.1) is 0 Å². The summed E-state index contributed by atoms with van der Waals surface area (Å²) in [5.41, 5.74) is 9.95. The topological polar surface area (TPSA) is 0 Å². The van der Waals surface area contributed by atoms with Crippen LogP contribution in [0.4, 0.5) is 0 Å². The van der Waals surface area contributed by atoms with Crippen molar-refractivity contribution in [1.82, 2.24) is 0 Å². The van der Waals surface area contributed by atoms with Crippen molar-refractivity contribution in [2.24, 2.45) is 11.3 Å². The average molecular weight is 740 g/mol. The summed E-state index contributed by atoms with van der Waals surface area (Å²) in [4.78, 5) is 0. The second-order valence-electron chi connectivity index (χ2n) is 12.6. The first kappa shape index (κ1) is 35.1. The minimum absolute atomic E-state index is 0. The van der Waals surface area contributed by atoms with E-state index >= 15 is 0 Å². The molecule has 0 spiro atoms. The van der Waals surface area contributed by atoms with Crippen LogP contribution in [0.5, 0.6) is 0 Å². The summed E-state index contributed by atoms with van der Waals surface area (Å²) in [5, 5.41) is 1.54. The van der Waals surface area contributed by atoms with Gasteiger partial charge < -0.3 is 24.8 Å². The quantitative estimate of drug-likeness (QED) is 0.226. The molecule has 0 aromatic heterocycles. The molecule has 0 fully saturated rings. The van der Waals surface area contributed by atoms with Gasteiger partial charge in [0, 0.05) is 0 Å². The first-order valence-electron chi connectivity index (χ1n) is 15.2. The summed E-state index contributed by atoms with van der Waals surface area (Å²) in [6, 6.07) is 33.2. The maximum Gasteiger partial charge on any atom is -1.00 e. The molecule has 6 rings (SSSR count). The second kappa shape index (κ2) is 14.8. The van der Waals surface area contributed by atoms with E-state index in [0.717, 1.165) is 16.5 Å². The molecule has 0 bridgehead atoms. The van der Waals surface area contributed by atoms with Gasteiger partial charge in [0.15, 0.2) is 0 Å². The third kappa shape index (κ3) is 7.14. The van der Waals surface area contributed by atoms with Crippen molar-refractivity contribution in [3.63, 3.8) is 0 Å². The molecule has 2 aliphatic carbocycles. The van der Waals surface area contributed by atoms with Gasteiger partial charge in [0.25, 0.3) is 0 Å². The number of hydrogen-bond acceptors (Lipinski definition) is 0. The van der Waals surface area contributed by atoms with E-state index < -0.39 is 21.3 Å².